The lowest BCUT2D eigenvalue weighted by Gasteiger charge is -2.30. The maximum absolute atomic E-state index is 13.6. The highest BCUT2D eigenvalue weighted by Gasteiger charge is 2.67. The van der Waals surface area contributed by atoms with Gasteiger partial charge in [0.1, 0.15) is 5.60 Å². The van der Waals surface area contributed by atoms with Gasteiger partial charge >= 0.3 is 0 Å². The van der Waals surface area contributed by atoms with E-state index < -0.39 is 17.4 Å². The number of likely N-dealkylation sites (tertiary alicyclic amines) is 1. The summed E-state index contributed by atoms with van der Waals surface area (Å²) in [5, 5.41) is 3.92. The molecular weight excluding hydrogens is 384 g/mol. The summed E-state index contributed by atoms with van der Waals surface area (Å²) in [6.45, 7) is 5.03. The van der Waals surface area contributed by atoms with Crippen molar-refractivity contribution in [2.75, 3.05) is 13.1 Å². The summed E-state index contributed by atoms with van der Waals surface area (Å²) in [5.74, 6) is 0.0878. The van der Waals surface area contributed by atoms with Crippen LogP contribution in [-0.4, -0.2) is 62.6 Å². The van der Waals surface area contributed by atoms with Crippen LogP contribution in [0.15, 0.2) is 16.7 Å². The first kappa shape index (κ1) is 19.7. The van der Waals surface area contributed by atoms with Crippen molar-refractivity contribution in [2.45, 2.75) is 76.7 Å². The van der Waals surface area contributed by atoms with Gasteiger partial charge in [0.15, 0.2) is 5.82 Å². The molecule has 8 nitrogen and oxygen atoms in total. The number of nitrogens with zero attached hydrogens (tertiary/aromatic N) is 4. The third-order valence-electron chi connectivity index (χ3n) is 7.28. The maximum Gasteiger partial charge on any atom is 0.230 e. The molecule has 2 amide bonds. The van der Waals surface area contributed by atoms with E-state index in [0.29, 0.717) is 24.8 Å². The third-order valence-corrected chi connectivity index (χ3v) is 7.28. The Bertz CT molecular complexity index is 859. The second-order valence-electron chi connectivity index (χ2n) is 9.09. The molecule has 1 aromatic rings. The van der Waals surface area contributed by atoms with E-state index in [2.05, 4.69) is 10.1 Å². The van der Waals surface area contributed by atoms with Crippen molar-refractivity contribution < 1.29 is 18.8 Å². The van der Waals surface area contributed by atoms with Gasteiger partial charge in [-0.1, -0.05) is 43.0 Å². The molecule has 30 heavy (non-hydrogen) atoms. The number of ether oxygens (including phenoxy) is 1. The Kier molecular flexibility index (Phi) is 4.92. The van der Waals surface area contributed by atoms with Gasteiger partial charge in [-0.15, -0.1) is 0 Å². The molecule has 4 atom stereocenters. The summed E-state index contributed by atoms with van der Waals surface area (Å²) in [6.07, 6.45) is 10.6. The molecule has 4 aliphatic rings. The van der Waals surface area contributed by atoms with Gasteiger partial charge < -0.3 is 19.1 Å². The Hall–Kier alpha value is -2.22. The maximum atomic E-state index is 13.6. The van der Waals surface area contributed by atoms with E-state index in [4.69, 9.17) is 9.26 Å². The molecule has 3 fully saturated rings. The van der Waals surface area contributed by atoms with E-state index in [1.807, 2.05) is 24.0 Å². The number of rotatable bonds is 5. The number of fused-ring (bicyclic) bond motifs is 1. The van der Waals surface area contributed by atoms with Crippen molar-refractivity contribution in [3.8, 4) is 0 Å². The standard InChI is InChI=1S/C22H30N4O4/c1-3-25(12-17-23-14(2)30-24-17)20(27)18-16-10-11-22(29-16)13-26(21(28)19(18)22)15-8-6-4-5-7-9-15/h10-11,15-16,18-19H,3-9,12-13H2,1-2H3/t16-,18?,19?,22-/m0/s1. The van der Waals surface area contributed by atoms with Gasteiger partial charge in [-0.05, 0) is 19.8 Å². The fraction of sp³-hybridized carbons (Fsp3) is 0.727. The van der Waals surface area contributed by atoms with Crippen LogP contribution in [0, 0.1) is 18.8 Å². The smallest absolute Gasteiger partial charge is 0.230 e. The van der Waals surface area contributed by atoms with Crippen LogP contribution < -0.4 is 0 Å². The highest BCUT2D eigenvalue weighted by molar-refractivity contribution is 5.93. The molecule has 1 saturated carbocycles. The minimum atomic E-state index is -0.642. The van der Waals surface area contributed by atoms with Crippen molar-refractivity contribution in [3.63, 3.8) is 0 Å². The normalized spacial score (nSPS) is 33.2. The Labute approximate surface area is 176 Å². The van der Waals surface area contributed by atoms with Crippen molar-refractivity contribution in [1.82, 2.24) is 19.9 Å². The lowest BCUT2D eigenvalue weighted by Crippen LogP contribution is -2.46. The zero-order chi connectivity index (χ0) is 20.9. The monoisotopic (exact) mass is 414 g/mol. The Morgan fingerprint density at radius 3 is 2.73 bits per heavy atom. The highest BCUT2D eigenvalue weighted by atomic mass is 16.5. The summed E-state index contributed by atoms with van der Waals surface area (Å²) in [7, 11) is 0. The number of aryl methyl sites for hydroxylation is 1. The first-order valence-electron chi connectivity index (χ1n) is 11.3. The van der Waals surface area contributed by atoms with E-state index in [-0.39, 0.29) is 30.5 Å². The Morgan fingerprint density at radius 2 is 2.07 bits per heavy atom. The Balaban J connectivity index is 1.38. The van der Waals surface area contributed by atoms with Crippen LogP contribution in [0.25, 0.3) is 0 Å². The molecular formula is C22H30N4O4. The molecule has 8 heteroatoms. The number of hydrogen-bond acceptors (Lipinski definition) is 6. The zero-order valence-electron chi connectivity index (χ0n) is 17.7. The predicted molar refractivity (Wildman–Crippen MR) is 107 cm³/mol. The largest absolute Gasteiger partial charge is 0.360 e. The molecule has 162 valence electrons. The number of carbonyl (C=O) groups excluding carboxylic acids is 2. The second kappa shape index (κ2) is 7.48. The molecule has 1 aromatic heterocycles. The minimum absolute atomic E-state index is 0.0581. The molecule has 4 heterocycles. The predicted octanol–water partition coefficient (Wildman–Crippen LogP) is 2.23. The second-order valence-corrected chi connectivity index (χ2v) is 9.09. The molecule has 0 N–H and O–H groups in total. The SMILES string of the molecule is CCN(Cc1noc(C)n1)C(=O)C1C2C(=O)N(C3CCCCCC3)C[C@@]23C=C[C@@H]1O3. The van der Waals surface area contributed by atoms with Crippen LogP contribution in [0.1, 0.15) is 57.2 Å². The van der Waals surface area contributed by atoms with E-state index >= 15 is 0 Å². The van der Waals surface area contributed by atoms with Crippen LogP contribution in [0.2, 0.25) is 0 Å². The molecule has 5 rings (SSSR count). The number of carbonyl (C=O) groups is 2. The van der Waals surface area contributed by atoms with Crippen LogP contribution in [0.4, 0.5) is 0 Å². The van der Waals surface area contributed by atoms with Gasteiger partial charge in [-0.2, -0.15) is 4.98 Å². The Morgan fingerprint density at radius 1 is 1.30 bits per heavy atom. The molecule has 1 spiro atoms. The number of amides is 2. The zero-order valence-corrected chi connectivity index (χ0v) is 17.7. The average molecular weight is 415 g/mol. The van der Waals surface area contributed by atoms with Crippen LogP contribution in [-0.2, 0) is 20.9 Å². The average Bonchev–Trinajstić information content (AvgIpc) is 3.43. The van der Waals surface area contributed by atoms with Crippen molar-refractivity contribution in [2.24, 2.45) is 11.8 Å². The van der Waals surface area contributed by atoms with E-state index in [0.717, 1.165) is 12.8 Å². The number of hydrogen-bond donors (Lipinski definition) is 0. The van der Waals surface area contributed by atoms with Crippen LogP contribution >= 0.6 is 0 Å². The molecule has 0 radical (unpaired) electrons. The van der Waals surface area contributed by atoms with E-state index in [9.17, 15) is 9.59 Å². The van der Waals surface area contributed by atoms with Gasteiger partial charge in [0.25, 0.3) is 0 Å². The van der Waals surface area contributed by atoms with Gasteiger partial charge in [0.05, 0.1) is 31.0 Å². The van der Waals surface area contributed by atoms with Crippen molar-refractivity contribution in [3.05, 3.63) is 23.9 Å². The first-order chi connectivity index (χ1) is 14.5. The quantitative estimate of drug-likeness (QED) is 0.542. The lowest BCUT2D eigenvalue weighted by molar-refractivity contribution is -0.144. The highest BCUT2D eigenvalue weighted by Crippen LogP contribution is 2.53. The minimum Gasteiger partial charge on any atom is -0.360 e. The van der Waals surface area contributed by atoms with E-state index in [1.54, 1.807) is 11.8 Å². The molecule has 2 unspecified atom stereocenters. The van der Waals surface area contributed by atoms with Gasteiger partial charge in [-0.3, -0.25) is 9.59 Å². The number of aromatic nitrogens is 2. The lowest BCUT2D eigenvalue weighted by atomic mass is 9.76. The molecule has 3 aliphatic heterocycles. The first-order valence-corrected chi connectivity index (χ1v) is 11.3. The summed E-state index contributed by atoms with van der Waals surface area (Å²) in [6, 6.07) is 0.274. The van der Waals surface area contributed by atoms with Crippen molar-refractivity contribution >= 4 is 11.8 Å². The fourth-order valence-corrected chi connectivity index (χ4v) is 5.82. The third kappa shape index (κ3) is 3.07. The van der Waals surface area contributed by atoms with E-state index in [1.165, 1.54) is 25.7 Å². The van der Waals surface area contributed by atoms with Crippen LogP contribution in [0.5, 0.6) is 0 Å². The van der Waals surface area contributed by atoms with Gasteiger partial charge in [-0.25, -0.2) is 0 Å². The summed E-state index contributed by atoms with van der Waals surface area (Å²) in [4.78, 5) is 35.1. The molecule has 1 aliphatic carbocycles. The topological polar surface area (TPSA) is 88.8 Å². The van der Waals surface area contributed by atoms with Crippen molar-refractivity contribution in [1.29, 1.82) is 0 Å². The molecule has 2 bridgehead atoms. The van der Waals surface area contributed by atoms with Gasteiger partial charge in [0, 0.05) is 19.5 Å². The van der Waals surface area contributed by atoms with Crippen LogP contribution in [0.3, 0.4) is 0 Å². The summed E-state index contributed by atoms with van der Waals surface area (Å²) < 4.78 is 11.4. The summed E-state index contributed by atoms with van der Waals surface area (Å²) >= 11 is 0. The van der Waals surface area contributed by atoms with Gasteiger partial charge in [0.2, 0.25) is 17.7 Å². The molecule has 0 aromatic carbocycles. The fourth-order valence-electron chi connectivity index (χ4n) is 5.82. The molecule has 2 saturated heterocycles. The summed E-state index contributed by atoms with van der Waals surface area (Å²) in [5.41, 5.74) is -0.642.